The van der Waals surface area contributed by atoms with Crippen molar-refractivity contribution in [2.24, 2.45) is 0 Å². The summed E-state index contributed by atoms with van der Waals surface area (Å²) in [5.41, 5.74) is 3.23. The maximum absolute atomic E-state index is 15.5. The van der Waals surface area contributed by atoms with Gasteiger partial charge in [0, 0.05) is 24.2 Å². The normalized spacial score (nSPS) is 13.7. The van der Waals surface area contributed by atoms with Gasteiger partial charge in [-0.1, -0.05) is 18.2 Å². The van der Waals surface area contributed by atoms with Crippen LogP contribution in [0.2, 0.25) is 0 Å². The zero-order chi connectivity index (χ0) is 28.5. The van der Waals surface area contributed by atoms with Crippen LogP contribution in [0.25, 0.3) is 33.8 Å². The van der Waals surface area contributed by atoms with Gasteiger partial charge in [-0.2, -0.15) is 5.10 Å². The second-order valence-electron chi connectivity index (χ2n) is 9.84. The van der Waals surface area contributed by atoms with Gasteiger partial charge in [-0.3, -0.25) is 0 Å². The lowest BCUT2D eigenvalue weighted by molar-refractivity contribution is -0.144. The third-order valence-corrected chi connectivity index (χ3v) is 6.98. The van der Waals surface area contributed by atoms with E-state index in [1.807, 2.05) is 28.8 Å². The van der Waals surface area contributed by atoms with Crippen LogP contribution in [0.15, 0.2) is 60.9 Å². The minimum atomic E-state index is -1.07. The van der Waals surface area contributed by atoms with Gasteiger partial charge in [-0.15, -0.1) is 0 Å². The number of aryl methyl sites for hydroxylation is 1. The molecule has 0 radical (unpaired) electrons. The Balaban J connectivity index is 1.32. The van der Waals surface area contributed by atoms with Crippen molar-refractivity contribution in [1.29, 1.82) is 0 Å². The Morgan fingerprint density at radius 1 is 1.12 bits per heavy atom. The lowest BCUT2D eigenvalue weighted by Crippen LogP contribution is -2.22. The number of hydrogen-bond acceptors (Lipinski definition) is 7. The number of ether oxygens (including phenoxy) is 3. The molecule has 0 saturated heterocycles. The van der Waals surface area contributed by atoms with Crippen molar-refractivity contribution in [3.05, 3.63) is 72.3 Å². The standard InChI is InChI=1S/C30H28FN5O5/c1-18(30(37)38)41-22-14-25-27-26(15-22)40-12-4-3-11-36(27)29(33-25)20-7-10-23(24(31)13-20)28-32-17-35(34-28)16-19-5-8-21(39-2)9-6-19/h5-10,13-15,17-18H,3-4,11-12,16H2,1-2H3,(H,37,38). The van der Waals surface area contributed by atoms with Crippen molar-refractivity contribution in [2.45, 2.75) is 39.0 Å². The SMILES string of the molecule is COc1ccc(Cn2cnc(-c3ccc(-c4nc5cc(OC(C)C(=O)O)cc6c5n4CCCCO6)cc3F)n2)cc1. The van der Waals surface area contributed by atoms with E-state index in [0.717, 1.165) is 29.7 Å². The lowest BCUT2D eigenvalue weighted by Gasteiger charge is -2.18. The lowest BCUT2D eigenvalue weighted by atomic mass is 10.1. The van der Waals surface area contributed by atoms with E-state index in [2.05, 4.69) is 10.1 Å². The Kier molecular flexibility index (Phi) is 7.00. The molecule has 6 rings (SSSR count). The van der Waals surface area contributed by atoms with E-state index in [1.165, 1.54) is 13.0 Å². The number of carbonyl (C=O) groups is 1. The number of nitrogens with zero attached hydrogens (tertiary/aromatic N) is 5. The molecular weight excluding hydrogens is 529 g/mol. The minimum Gasteiger partial charge on any atom is -0.497 e. The molecule has 0 aliphatic carbocycles. The predicted octanol–water partition coefficient (Wildman–Crippen LogP) is 5.18. The number of hydrogen-bond donors (Lipinski definition) is 1. The summed E-state index contributed by atoms with van der Waals surface area (Å²) in [6.45, 7) is 3.15. The molecular formula is C30H28FN5O5. The van der Waals surface area contributed by atoms with Gasteiger partial charge >= 0.3 is 5.97 Å². The summed E-state index contributed by atoms with van der Waals surface area (Å²) in [6.07, 6.45) is 2.23. The van der Waals surface area contributed by atoms with E-state index in [9.17, 15) is 9.90 Å². The smallest absolute Gasteiger partial charge is 0.344 e. The van der Waals surface area contributed by atoms with Crippen LogP contribution in [0, 0.1) is 5.82 Å². The molecule has 11 heteroatoms. The molecule has 1 atom stereocenters. The third-order valence-electron chi connectivity index (χ3n) is 6.98. The number of imidazole rings is 1. The summed E-state index contributed by atoms with van der Waals surface area (Å²) in [5.74, 6) is 0.997. The molecule has 2 aromatic heterocycles. The second-order valence-corrected chi connectivity index (χ2v) is 9.84. The topological polar surface area (TPSA) is 114 Å². The first-order valence-electron chi connectivity index (χ1n) is 13.3. The first kappa shape index (κ1) is 26.3. The number of halogens is 1. The number of carboxylic acids is 1. The highest BCUT2D eigenvalue weighted by atomic mass is 19.1. The van der Waals surface area contributed by atoms with Gasteiger partial charge in [-0.05, 0) is 49.6 Å². The summed E-state index contributed by atoms with van der Waals surface area (Å²) in [6, 6.07) is 15.9. The van der Waals surface area contributed by atoms with Crippen molar-refractivity contribution in [1.82, 2.24) is 24.3 Å². The summed E-state index contributed by atoms with van der Waals surface area (Å²) < 4.78 is 36.0. The Hall–Kier alpha value is -4.93. The average Bonchev–Trinajstić information content (AvgIpc) is 3.56. The first-order valence-corrected chi connectivity index (χ1v) is 13.3. The van der Waals surface area contributed by atoms with Crippen molar-refractivity contribution in [2.75, 3.05) is 13.7 Å². The van der Waals surface area contributed by atoms with Gasteiger partial charge in [0.1, 0.15) is 40.7 Å². The van der Waals surface area contributed by atoms with E-state index in [0.29, 0.717) is 48.1 Å². The van der Waals surface area contributed by atoms with Gasteiger partial charge in [0.2, 0.25) is 0 Å². The van der Waals surface area contributed by atoms with Gasteiger partial charge in [0.15, 0.2) is 11.9 Å². The number of methoxy groups -OCH3 is 1. The maximum atomic E-state index is 15.5. The van der Waals surface area contributed by atoms with Crippen LogP contribution in [0.3, 0.4) is 0 Å². The Morgan fingerprint density at radius 2 is 1.95 bits per heavy atom. The number of carboxylic acid groups (broad SMARTS) is 1. The molecule has 1 aliphatic rings. The molecule has 1 aliphatic heterocycles. The summed E-state index contributed by atoms with van der Waals surface area (Å²) >= 11 is 0. The van der Waals surface area contributed by atoms with Crippen LogP contribution in [0.1, 0.15) is 25.3 Å². The molecule has 41 heavy (non-hydrogen) atoms. The van der Waals surface area contributed by atoms with Crippen LogP contribution in [-0.4, -0.2) is 55.2 Å². The Labute approximate surface area is 234 Å². The highest BCUT2D eigenvalue weighted by Crippen LogP contribution is 2.37. The molecule has 1 N–H and O–H groups in total. The number of rotatable bonds is 8. The van der Waals surface area contributed by atoms with Crippen molar-refractivity contribution in [3.63, 3.8) is 0 Å². The molecule has 3 heterocycles. The Morgan fingerprint density at radius 3 is 2.71 bits per heavy atom. The van der Waals surface area contributed by atoms with E-state index >= 15 is 4.39 Å². The first-order chi connectivity index (χ1) is 19.9. The Bertz CT molecular complexity index is 1730. The van der Waals surface area contributed by atoms with Crippen molar-refractivity contribution >= 4 is 17.0 Å². The predicted molar refractivity (Wildman–Crippen MR) is 149 cm³/mol. The average molecular weight is 558 g/mol. The highest BCUT2D eigenvalue weighted by molar-refractivity contribution is 5.88. The summed E-state index contributed by atoms with van der Waals surface area (Å²) in [5, 5.41) is 13.7. The maximum Gasteiger partial charge on any atom is 0.344 e. The third kappa shape index (κ3) is 5.30. The molecule has 210 valence electrons. The van der Waals surface area contributed by atoms with E-state index in [1.54, 1.807) is 42.4 Å². The molecule has 5 aromatic rings. The molecule has 0 spiro atoms. The fourth-order valence-corrected chi connectivity index (χ4v) is 4.88. The van der Waals surface area contributed by atoms with Crippen LogP contribution in [0.5, 0.6) is 17.2 Å². The number of benzene rings is 3. The molecule has 1 unspecified atom stereocenters. The zero-order valence-electron chi connectivity index (χ0n) is 22.6. The van der Waals surface area contributed by atoms with Crippen LogP contribution in [-0.2, 0) is 17.9 Å². The number of aromatic nitrogens is 5. The largest absolute Gasteiger partial charge is 0.497 e. The van der Waals surface area contributed by atoms with Crippen molar-refractivity contribution in [3.8, 4) is 40.0 Å². The minimum absolute atomic E-state index is 0.286. The van der Waals surface area contributed by atoms with Gasteiger partial charge in [0.25, 0.3) is 0 Å². The fraction of sp³-hybridized carbons (Fsp3) is 0.267. The van der Waals surface area contributed by atoms with Gasteiger partial charge in [-0.25, -0.2) is 23.8 Å². The zero-order valence-corrected chi connectivity index (χ0v) is 22.6. The highest BCUT2D eigenvalue weighted by Gasteiger charge is 2.22. The quantitative estimate of drug-likeness (QED) is 0.278. The van der Waals surface area contributed by atoms with Gasteiger partial charge < -0.3 is 23.9 Å². The van der Waals surface area contributed by atoms with Crippen LogP contribution < -0.4 is 14.2 Å². The molecule has 0 amide bonds. The monoisotopic (exact) mass is 557 g/mol. The molecule has 0 saturated carbocycles. The number of aliphatic carboxylic acids is 1. The molecule has 0 bridgehead atoms. The summed E-state index contributed by atoms with van der Waals surface area (Å²) in [4.78, 5) is 20.5. The van der Waals surface area contributed by atoms with Crippen molar-refractivity contribution < 1.29 is 28.5 Å². The fourth-order valence-electron chi connectivity index (χ4n) is 4.88. The summed E-state index contributed by atoms with van der Waals surface area (Å²) in [7, 11) is 1.62. The van der Waals surface area contributed by atoms with Crippen LogP contribution >= 0.6 is 0 Å². The van der Waals surface area contributed by atoms with E-state index < -0.39 is 17.9 Å². The van der Waals surface area contributed by atoms with E-state index in [4.69, 9.17) is 19.2 Å². The molecule has 3 aromatic carbocycles. The second kappa shape index (κ2) is 10.9. The van der Waals surface area contributed by atoms with E-state index in [-0.39, 0.29) is 11.4 Å². The molecule has 10 nitrogen and oxygen atoms in total. The van der Waals surface area contributed by atoms with Gasteiger partial charge in [0.05, 0.1) is 31.3 Å². The molecule has 0 fully saturated rings. The van der Waals surface area contributed by atoms with Crippen LogP contribution in [0.4, 0.5) is 4.39 Å².